The third-order valence-electron chi connectivity index (χ3n) is 14.0. The number of nitrogens with zero attached hydrogens (tertiary/aromatic N) is 7. The summed E-state index contributed by atoms with van der Waals surface area (Å²) in [5.74, 6) is -1.76. The highest BCUT2D eigenvalue weighted by molar-refractivity contribution is 6.23. The minimum Gasteiger partial charge on any atom is -0.380 e. The smallest absolute Gasteiger partial charge is 0.380 e. The summed E-state index contributed by atoms with van der Waals surface area (Å²) < 4.78 is 40.5. The standard InChI is InChI=1S/C45H48F3N9O6/c46-45(47,48)35-22-31(2-1-29(35)23-49)56-19-13-44(63,14-20-56)42(62)51-37-7-4-32(24-50-37)54-15-9-28(10-16-54)25-53-26-43(27-53)11-17-55(18-12-43)30-3-5-33-34(21-30)41(61)57(40(33)60)36-6-8-38(58)52-39(36)59/h1-5,7,21-22,24,28,36,63H,6,8-20,25-27H2,(H,50,51,62)(H,52,58,59). The van der Waals surface area contributed by atoms with E-state index in [-0.39, 0.29) is 55.4 Å². The first-order valence-corrected chi connectivity index (χ1v) is 21.6. The Balaban J connectivity index is 0.699. The molecule has 18 heteroatoms. The molecule has 6 aliphatic heterocycles. The van der Waals surface area contributed by atoms with E-state index in [1.165, 1.54) is 6.07 Å². The Labute approximate surface area is 361 Å². The number of aliphatic hydroxyl groups is 1. The van der Waals surface area contributed by atoms with Gasteiger partial charge in [0.1, 0.15) is 17.5 Å². The quantitative estimate of drug-likeness (QED) is 0.276. The van der Waals surface area contributed by atoms with Crippen LogP contribution >= 0.6 is 0 Å². The first-order valence-electron chi connectivity index (χ1n) is 21.6. The van der Waals surface area contributed by atoms with Crippen LogP contribution in [0.15, 0.2) is 54.7 Å². The molecule has 3 N–H and O–H groups in total. The number of benzene rings is 2. The number of hydrogen-bond donors (Lipinski definition) is 3. The number of nitriles is 1. The molecule has 9 rings (SSSR count). The lowest BCUT2D eigenvalue weighted by Crippen LogP contribution is -2.61. The number of likely N-dealkylation sites (tertiary alicyclic amines) is 1. The van der Waals surface area contributed by atoms with Gasteiger partial charge in [-0.1, -0.05) is 0 Å². The lowest BCUT2D eigenvalue weighted by molar-refractivity contribution is -0.138. The van der Waals surface area contributed by atoms with Gasteiger partial charge >= 0.3 is 6.18 Å². The van der Waals surface area contributed by atoms with Gasteiger partial charge in [-0.25, -0.2) is 4.98 Å². The number of pyridine rings is 1. The number of rotatable bonds is 8. The fraction of sp³-hybridized carbons (Fsp3) is 0.489. The summed E-state index contributed by atoms with van der Waals surface area (Å²) in [5, 5.41) is 25.2. The molecule has 5 amide bonds. The highest BCUT2D eigenvalue weighted by atomic mass is 19.4. The molecule has 6 aliphatic rings. The van der Waals surface area contributed by atoms with Gasteiger partial charge in [-0.15, -0.1) is 0 Å². The first-order chi connectivity index (χ1) is 30.1. The summed E-state index contributed by atoms with van der Waals surface area (Å²) in [5.41, 5.74) is -0.235. The molecule has 2 aromatic carbocycles. The van der Waals surface area contributed by atoms with Crippen LogP contribution < -0.4 is 25.3 Å². The average Bonchev–Trinajstić information content (AvgIpc) is 3.51. The number of imide groups is 2. The normalized spacial score (nSPS) is 22.7. The summed E-state index contributed by atoms with van der Waals surface area (Å²) in [6.45, 7) is 6.92. The van der Waals surface area contributed by atoms with Crippen LogP contribution in [0.25, 0.3) is 0 Å². The fourth-order valence-corrected chi connectivity index (χ4v) is 10.3. The summed E-state index contributed by atoms with van der Waals surface area (Å²) in [7, 11) is 0. The lowest BCUT2D eigenvalue weighted by atomic mass is 9.71. The Morgan fingerprint density at radius 1 is 0.825 bits per heavy atom. The Morgan fingerprint density at radius 2 is 1.44 bits per heavy atom. The number of alkyl halides is 3. The minimum atomic E-state index is -4.68. The molecule has 1 atom stereocenters. The lowest BCUT2D eigenvalue weighted by Gasteiger charge is -2.55. The molecular weight excluding hydrogens is 820 g/mol. The van der Waals surface area contributed by atoms with E-state index in [0.717, 1.165) is 99.9 Å². The van der Waals surface area contributed by atoms with E-state index < -0.39 is 58.5 Å². The number of fused-ring (bicyclic) bond motifs is 1. The number of carbonyl (C=O) groups is 5. The van der Waals surface area contributed by atoms with Crippen LogP contribution in [-0.4, -0.2) is 120 Å². The van der Waals surface area contributed by atoms with Crippen molar-refractivity contribution in [3.05, 3.63) is 77.0 Å². The number of halogens is 3. The third-order valence-corrected chi connectivity index (χ3v) is 14.0. The second kappa shape index (κ2) is 16.2. The molecule has 5 fully saturated rings. The SMILES string of the molecule is N#Cc1ccc(N2CCC(O)(C(=O)Nc3ccc(N4CCC(CN5CC6(CCN(c7ccc8c(c7)C(=O)N(C7CCC(=O)NC7=O)C8=O)CC6)C5)CC4)cn3)CC2)cc1C(F)(F)F. The zero-order valence-corrected chi connectivity index (χ0v) is 34.6. The minimum absolute atomic E-state index is 0.00602. The van der Waals surface area contributed by atoms with Gasteiger partial charge in [0.05, 0.1) is 40.2 Å². The van der Waals surface area contributed by atoms with Crippen molar-refractivity contribution in [2.75, 3.05) is 78.9 Å². The Hall–Kier alpha value is -6.06. The van der Waals surface area contributed by atoms with Crippen molar-refractivity contribution in [3.8, 4) is 6.07 Å². The second-order valence-corrected chi connectivity index (χ2v) is 18.0. The molecule has 0 bridgehead atoms. The summed E-state index contributed by atoms with van der Waals surface area (Å²) in [6, 6.07) is 13.0. The molecule has 15 nitrogen and oxygen atoms in total. The maximum absolute atomic E-state index is 13.5. The second-order valence-electron chi connectivity index (χ2n) is 18.0. The van der Waals surface area contributed by atoms with E-state index >= 15 is 0 Å². The molecule has 1 unspecified atom stereocenters. The maximum Gasteiger partial charge on any atom is 0.417 e. The fourth-order valence-electron chi connectivity index (χ4n) is 10.3. The third kappa shape index (κ3) is 8.19. The van der Waals surface area contributed by atoms with Crippen molar-refractivity contribution in [2.45, 2.75) is 69.2 Å². The van der Waals surface area contributed by atoms with Gasteiger partial charge in [0.2, 0.25) is 11.8 Å². The molecule has 63 heavy (non-hydrogen) atoms. The van der Waals surface area contributed by atoms with Crippen LogP contribution in [0.4, 0.5) is 36.1 Å². The number of aromatic nitrogens is 1. The number of piperidine rings is 4. The monoisotopic (exact) mass is 867 g/mol. The number of amides is 5. The predicted octanol–water partition coefficient (Wildman–Crippen LogP) is 4.16. The highest BCUT2D eigenvalue weighted by Crippen LogP contribution is 2.43. The van der Waals surface area contributed by atoms with Gasteiger partial charge in [0, 0.05) is 89.5 Å². The van der Waals surface area contributed by atoms with Gasteiger partial charge in [-0.2, -0.15) is 18.4 Å². The molecule has 7 heterocycles. The zero-order valence-electron chi connectivity index (χ0n) is 34.6. The molecular formula is C45H48F3N9O6. The van der Waals surface area contributed by atoms with Crippen molar-refractivity contribution >= 4 is 52.4 Å². The van der Waals surface area contributed by atoms with E-state index in [1.54, 1.807) is 35.4 Å². The van der Waals surface area contributed by atoms with E-state index in [9.17, 15) is 42.3 Å². The molecule has 0 saturated carbocycles. The summed E-state index contributed by atoms with van der Waals surface area (Å²) in [6.07, 6.45) is 1.40. The topological polar surface area (TPSA) is 183 Å². The van der Waals surface area contributed by atoms with E-state index in [4.69, 9.17) is 5.26 Å². The molecule has 5 saturated heterocycles. The van der Waals surface area contributed by atoms with Gasteiger partial charge in [-0.05, 0) is 92.0 Å². The Morgan fingerprint density at radius 3 is 2.08 bits per heavy atom. The largest absolute Gasteiger partial charge is 0.417 e. The molecule has 330 valence electrons. The van der Waals surface area contributed by atoms with Crippen molar-refractivity contribution in [2.24, 2.45) is 11.3 Å². The van der Waals surface area contributed by atoms with Gasteiger partial charge in [-0.3, -0.25) is 34.2 Å². The molecule has 0 radical (unpaired) electrons. The zero-order chi connectivity index (χ0) is 44.3. The molecule has 1 aromatic heterocycles. The van der Waals surface area contributed by atoms with Crippen molar-refractivity contribution in [1.82, 2.24) is 20.1 Å². The van der Waals surface area contributed by atoms with E-state index in [0.29, 0.717) is 17.3 Å². The predicted molar refractivity (Wildman–Crippen MR) is 224 cm³/mol. The summed E-state index contributed by atoms with van der Waals surface area (Å²) >= 11 is 0. The molecule has 1 spiro atoms. The Bertz CT molecular complexity index is 2370. The van der Waals surface area contributed by atoms with E-state index in [2.05, 4.69) is 30.3 Å². The number of anilines is 4. The van der Waals surface area contributed by atoms with Crippen molar-refractivity contribution in [3.63, 3.8) is 0 Å². The number of hydrogen-bond acceptors (Lipinski definition) is 12. The van der Waals surface area contributed by atoms with Crippen molar-refractivity contribution in [1.29, 1.82) is 5.26 Å². The number of carbonyl (C=O) groups excluding carboxylic acids is 5. The van der Waals surface area contributed by atoms with Crippen LogP contribution in [0.1, 0.15) is 83.2 Å². The van der Waals surface area contributed by atoms with Crippen molar-refractivity contribution < 1.29 is 42.3 Å². The van der Waals surface area contributed by atoms with Gasteiger partial charge < -0.3 is 30.0 Å². The van der Waals surface area contributed by atoms with Crippen LogP contribution in [0, 0.1) is 22.7 Å². The van der Waals surface area contributed by atoms with E-state index in [1.807, 2.05) is 12.1 Å². The number of nitrogens with one attached hydrogen (secondary N) is 2. The van der Waals surface area contributed by atoms with Crippen LogP contribution in [0.2, 0.25) is 0 Å². The van der Waals surface area contributed by atoms with Crippen LogP contribution in [0.3, 0.4) is 0 Å². The Kier molecular flexibility index (Phi) is 10.9. The van der Waals surface area contributed by atoms with Crippen LogP contribution in [-0.2, 0) is 20.6 Å². The summed E-state index contributed by atoms with van der Waals surface area (Å²) in [4.78, 5) is 78.0. The van der Waals surface area contributed by atoms with Gasteiger partial charge in [0.15, 0.2) is 0 Å². The van der Waals surface area contributed by atoms with Gasteiger partial charge in [0.25, 0.3) is 17.7 Å². The molecule has 3 aromatic rings. The maximum atomic E-state index is 13.5. The average molecular weight is 868 g/mol. The van der Waals surface area contributed by atoms with Crippen LogP contribution in [0.5, 0.6) is 0 Å². The molecule has 0 aliphatic carbocycles. The highest BCUT2D eigenvalue weighted by Gasteiger charge is 2.47. The first kappa shape index (κ1) is 42.3.